The lowest BCUT2D eigenvalue weighted by Gasteiger charge is -2.22. The maximum atomic E-state index is 13.8. The number of anilines is 1. The smallest absolute Gasteiger partial charge is 0.228 e. The summed E-state index contributed by atoms with van der Waals surface area (Å²) in [5.74, 6) is -2.16. The number of thioether (sulfide) groups is 1. The fourth-order valence-electron chi connectivity index (χ4n) is 3.18. The summed E-state index contributed by atoms with van der Waals surface area (Å²) in [4.78, 5) is 29.2. The van der Waals surface area contributed by atoms with E-state index in [1.807, 2.05) is 30.5 Å². The summed E-state index contributed by atoms with van der Waals surface area (Å²) in [5, 5.41) is 0. The Morgan fingerprint density at radius 1 is 1.22 bits per heavy atom. The van der Waals surface area contributed by atoms with Crippen molar-refractivity contribution in [2.75, 3.05) is 24.7 Å². The molecular weight excluding hydrogens is 370 g/mol. The van der Waals surface area contributed by atoms with Crippen molar-refractivity contribution in [3.05, 3.63) is 59.7 Å². The van der Waals surface area contributed by atoms with Crippen molar-refractivity contribution in [3.8, 4) is 0 Å². The van der Waals surface area contributed by atoms with E-state index in [0.29, 0.717) is 6.54 Å². The van der Waals surface area contributed by atoms with Crippen molar-refractivity contribution in [2.45, 2.75) is 17.9 Å². The molecular formula is C20H20F2N2O2S. The zero-order valence-corrected chi connectivity index (χ0v) is 15.9. The van der Waals surface area contributed by atoms with Gasteiger partial charge in [-0.1, -0.05) is 6.07 Å². The van der Waals surface area contributed by atoms with E-state index in [1.54, 1.807) is 23.7 Å². The molecule has 142 valence electrons. The van der Waals surface area contributed by atoms with Gasteiger partial charge in [0.1, 0.15) is 11.6 Å². The van der Waals surface area contributed by atoms with Crippen LogP contribution in [0.3, 0.4) is 0 Å². The van der Waals surface area contributed by atoms with Crippen LogP contribution in [0.4, 0.5) is 14.5 Å². The summed E-state index contributed by atoms with van der Waals surface area (Å²) in [7, 11) is 1.56. The molecule has 0 N–H and O–H groups in total. The van der Waals surface area contributed by atoms with Gasteiger partial charge in [-0.2, -0.15) is 0 Å². The SMILES string of the molecule is CSc1ccc(N2C[C@@H](C(=O)N(C)Cc3ccc(F)cc3F)CC2=O)cc1. The maximum absolute atomic E-state index is 13.8. The first-order valence-corrected chi connectivity index (χ1v) is 9.75. The van der Waals surface area contributed by atoms with E-state index in [2.05, 4.69) is 0 Å². The average molecular weight is 390 g/mol. The first-order valence-electron chi connectivity index (χ1n) is 8.52. The van der Waals surface area contributed by atoms with Crippen molar-refractivity contribution < 1.29 is 18.4 Å². The molecule has 27 heavy (non-hydrogen) atoms. The summed E-state index contributed by atoms with van der Waals surface area (Å²) in [6.45, 7) is 0.324. The van der Waals surface area contributed by atoms with E-state index < -0.39 is 17.6 Å². The number of amides is 2. The van der Waals surface area contributed by atoms with Crippen molar-refractivity contribution in [2.24, 2.45) is 5.92 Å². The first-order chi connectivity index (χ1) is 12.9. The lowest BCUT2D eigenvalue weighted by atomic mass is 10.1. The second-order valence-corrected chi connectivity index (χ2v) is 7.41. The van der Waals surface area contributed by atoms with E-state index in [4.69, 9.17) is 0 Å². The Morgan fingerprint density at radius 3 is 2.56 bits per heavy atom. The third-order valence-corrected chi connectivity index (χ3v) is 5.40. The summed E-state index contributed by atoms with van der Waals surface area (Å²) in [6.07, 6.45) is 2.10. The Balaban J connectivity index is 1.67. The number of carbonyl (C=O) groups is 2. The van der Waals surface area contributed by atoms with Crippen LogP contribution in [-0.4, -0.2) is 36.6 Å². The van der Waals surface area contributed by atoms with Gasteiger partial charge in [-0.05, 0) is 36.6 Å². The molecule has 0 radical (unpaired) electrons. The number of benzene rings is 2. The molecule has 1 atom stereocenters. The second-order valence-electron chi connectivity index (χ2n) is 6.53. The van der Waals surface area contributed by atoms with Crippen LogP contribution in [0.25, 0.3) is 0 Å². The highest BCUT2D eigenvalue weighted by molar-refractivity contribution is 7.98. The van der Waals surface area contributed by atoms with E-state index in [-0.39, 0.29) is 30.3 Å². The van der Waals surface area contributed by atoms with Crippen LogP contribution in [0.15, 0.2) is 47.4 Å². The highest BCUT2D eigenvalue weighted by Gasteiger charge is 2.36. The fraction of sp³-hybridized carbons (Fsp3) is 0.300. The molecule has 0 unspecified atom stereocenters. The predicted octanol–water partition coefficient (Wildman–Crippen LogP) is 3.70. The number of hydrogen-bond acceptors (Lipinski definition) is 3. The molecule has 0 spiro atoms. The zero-order valence-electron chi connectivity index (χ0n) is 15.1. The van der Waals surface area contributed by atoms with Gasteiger partial charge in [0.25, 0.3) is 0 Å². The Kier molecular flexibility index (Phi) is 5.79. The Labute approximate surface area is 161 Å². The molecule has 1 fully saturated rings. The minimum absolute atomic E-state index is 0.0259. The number of rotatable bonds is 5. The molecule has 7 heteroatoms. The molecule has 0 bridgehead atoms. The number of nitrogens with zero attached hydrogens (tertiary/aromatic N) is 2. The molecule has 1 saturated heterocycles. The van der Waals surface area contributed by atoms with E-state index >= 15 is 0 Å². The van der Waals surface area contributed by atoms with Crippen LogP contribution < -0.4 is 4.90 Å². The van der Waals surface area contributed by atoms with Gasteiger partial charge in [-0.25, -0.2) is 8.78 Å². The highest BCUT2D eigenvalue weighted by Crippen LogP contribution is 2.28. The number of hydrogen-bond donors (Lipinski definition) is 0. The topological polar surface area (TPSA) is 40.6 Å². The Hall–Kier alpha value is -2.41. The van der Waals surface area contributed by atoms with Crippen molar-refractivity contribution in [3.63, 3.8) is 0 Å². The van der Waals surface area contributed by atoms with E-state index in [9.17, 15) is 18.4 Å². The van der Waals surface area contributed by atoms with Gasteiger partial charge in [-0.15, -0.1) is 11.8 Å². The fourth-order valence-corrected chi connectivity index (χ4v) is 3.59. The lowest BCUT2D eigenvalue weighted by molar-refractivity contribution is -0.135. The Morgan fingerprint density at radius 2 is 1.93 bits per heavy atom. The minimum Gasteiger partial charge on any atom is -0.341 e. The van der Waals surface area contributed by atoms with E-state index in [1.165, 1.54) is 11.0 Å². The third-order valence-electron chi connectivity index (χ3n) is 4.66. The highest BCUT2D eigenvalue weighted by atomic mass is 32.2. The summed E-state index contributed by atoms with van der Waals surface area (Å²) in [6, 6.07) is 10.9. The molecule has 2 aromatic rings. The van der Waals surface area contributed by atoms with Gasteiger partial charge in [0, 0.05) is 48.8 Å². The Bertz CT molecular complexity index is 858. The van der Waals surface area contributed by atoms with E-state index in [0.717, 1.165) is 22.7 Å². The maximum Gasteiger partial charge on any atom is 0.228 e. The molecule has 2 amide bonds. The number of carbonyl (C=O) groups excluding carboxylic acids is 2. The largest absolute Gasteiger partial charge is 0.341 e. The second kappa shape index (κ2) is 8.08. The van der Waals surface area contributed by atoms with Crippen LogP contribution in [0.1, 0.15) is 12.0 Å². The molecule has 0 aliphatic carbocycles. The molecule has 2 aromatic carbocycles. The quantitative estimate of drug-likeness (QED) is 0.731. The van der Waals surface area contributed by atoms with Crippen molar-refractivity contribution >= 4 is 29.3 Å². The molecule has 4 nitrogen and oxygen atoms in total. The zero-order chi connectivity index (χ0) is 19.6. The molecule has 0 saturated carbocycles. The number of halogens is 2. The van der Waals surface area contributed by atoms with Crippen molar-refractivity contribution in [1.82, 2.24) is 4.90 Å². The summed E-state index contributed by atoms with van der Waals surface area (Å²) >= 11 is 1.61. The molecule has 1 aliphatic heterocycles. The molecule has 1 aliphatic rings. The average Bonchev–Trinajstić information content (AvgIpc) is 3.05. The van der Waals surface area contributed by atoms with Gasteiger partial charge in [0.05, 0.1) is 5.92 Å². The van der Waals surface area contributed by atoms with Gasteiger partial charge in [-0.3, -0.25) is 9.59 Å². The van der Waals surface area contributed by atoms with Crippen LogP contribution in [0, 0.1) is 17.6 Å². The van der Waals surface area contributed by atoms with Crippen LogP contribution in [-0.2, 0) is 16.1 Å². The van der Waals surface area contributed by atoms with Crippen LogP contribution in [0.5, 0.6) is 0 Å². The van der Waals surface area contributed by atoms with Crippen LogP contribution >= 0.6 is 11.8 Å². The third kappa shape index (κ3) is 4.30. The summed E-state index contributed by atoms with van der Waals surface area (Å²) < 4.78 is 26.8. The van der Waals surface area contributed by atoms with Gasteiger partial charge in [0.2, 0.25) is 11.8 Å². The standard InChI is InChI=1S/C20H20F2N2O2S/c1-23(11-13-3-4-15(21)10-18(13)22)20(26)14-9-19(25)24(12-14)16-5-7-17(27-2)8-6-16/h3-8,10,14H,9,11-12H2,1-2H3/t14-/m0/s1. The van der Waals surface area contributed by atoms with Gasteiger partial charge < -0.3 is 9.80 Å². The van der Waals surface area contributed by atoms with Crippen LogP contribution in [0.2, 0.25) is 0 Å². The molecule has 3 rings (SSSR count). The monoisotopic (exact) mass is 390 g/mol. The molecule has 1 heterocycles. The minimum atomic E-state index is -0.687. The first kappa shape index (κ1) is 19.4. The lowest BCUT2D eigenvalue weighted by Crippen LogP contribution is -2.34. The molecule has 0 aromatic heterocycles. The predicted molar refractivity (Wildman–Crippen MR) is 102 cm³/mol. The van der Waals surface area contributed by atoms with Gasteiger partial charge >= 0.3 is 0 Å². The van der Waals surface area contributed by atoms with Crippen molar-refractivity contribution in [1.29, 1.82) is 0 Å². The summed E-state index contributed by atoms with van der Waals surface area (Å²) in [5.41, 5.74) is 1.00. The normalized spacial score (nSPS) is 16.7. The van der Waals surface area contributed by atoms with Gasteiger partial charge in [0.15, 0.2) is 0 Å².